The Labute approximate surface area is 74.9 Å². The van der Waals surface area contributed by atoms with E-state index in [2.05, 4.69) is 13.8 Å². The summed E-state index contributed by atoms with van der Waals surface area (Å²) >= 11 is 0. The standard InChI is InChI=1S/C10H20O2/c1-8(2)12-7-9-3-5-10(11)6-4-9/h8-11H,3-7H2,1-2H3. The zero-order valence-electron chi connectivity index (χ0n) is 8.12. The first-order valence-corrected chi connectivity index (χ1v) is 4.98. The van der Waals surface area contributed by atoms with E-state index >= 15 is 0 Å². The van der Waals surface area contributed by atoms with Crippen LogP contribution in [0.3, 0.4) is 0 Å². The number of hydrogen-bond acceptors (Lipinski definition) is 2. The Morgan fingerprint density at radius 3 is 2.33 bits per heavy atom. The minimum absolute atomic E-state index is 0.0414. The molecule has 0 amide bonds. The van der Waals surface area contributed by atoms with Crippen LogP contribution < -0.4 is 0 Å². The summed E-state index contributed by atoms with van der Waals surface area (Å²) in [5.74, 6) is 0.691. The van der Waals surface area contributed by atoms with Gasteiger partial charge in [0.05, 0.1) is 12.2 Å². The zero-order valence-corrected chi connectivity index (χ0v) is 8.12. The Bertz CT molecular complexity index is 115. The van der Waals surface area contributed by atoms with Crippen LogP contribution in [0.4, 0.5) is 0 Å². The van der Waals surface area contributed by atoms with E-state index in [1.54, 1.807) is 0 Å². The third-order valence-electron chi connectivity index (χ3n) is 2.48. The summed E-state index contributed by atoms with van der Waals surface area (Å²) in [7, 11) is 0. The number of ether oxygens (including phenoxy) is 1. The molecule has 1 N–H and O–H groups in total. The maximum absolute atomic E-state index is 9.26. The lowest BCUT2D eigenvalue weighted by Crippen LogP contribution is -2.22. The van der Waals surface area contributed by atoms with Crippen molar-refractivity contribution in [2.75, 3.05) is 6.61 Å². The molecule has 1 rings (SSSR count). The molecule has 0 atom stereocenters. The second kappa shape index (κ2) is 4.83. The van der Waals surface area contributed by atoms with Gasteiger partial charge in [0.2, 0.25) is 0 Å². The molecular formula is C10H20O2. The first-order valence-electron chi connectivity index (χ1n) is 4.98. The largest absolute Gasteiger partial charge is 0.393 e. The fourth-order valence-corrected chi connectivity index (χ4v) is 1.64. The molecule has 0 aliphatic heterocycles. The molecule has 1 aliphatic carbocycles. The highest BCUT2D eigenvalue weighted by molar-refractivity contribution is 4.71. The van der Waals surface area contributed by atoms with Gasteiger partial charge in [0.25, 0.3) is 0 Å². The Morgan fingerprint density at radius 1 is 1.25 bits per heavy atom. The molecule has 0 heterocycles. The van der Waals surface area contributed by atoms with E-state index in [1.807, 2.05) is 0 Å². The van der Waals surface area contributed by atoms with Crippen molar-refractivity contribution in [1.82, 2.24) is 0 Å². The van der Waals surface area contributed by atoms with Crippen molar-refractivity contribution in [3.8, 4) is 0 Å². The van der Waals surface area contributed by atoms with Crippen LogP contribution in [0.2, 0.25) is 0 Å². The van der Waals surface area contributed by atoms with Gasteiger partial charge in [-0.2, -0.15) is 0 Å². The van der Waals surface area contributed by atoms with Crippen molar-refractivity contribution in [2.45, 2.75) is 51.7 Å². The van der Waals surface area contributed by atoms with Gasteiger partial charge >= 0.3 is 0 Å². The summed E-state index contributed by atoms with van der Waals surface area (Å²) in [6.45, 7) is 5.01. The predicted octanol–water partition coefficient (Wildman–Crippen LogP) is 1.96. The van der Waals surface area contributed by atoms with Crippen LogP contribution in [-0.4, -0.2) is 23.9 Å². The van der Waals surface area contributed by atoms with E-state index in [4.69, 9.17) is 4.74 Å². The van der Waals surface area contributed by atoms with Crippen LogP contribution >= 0.6 is 0 Å². The normalized spacial score (nSPS) is 31.0. The number of rotatable bonds is 3. The molecule has 12 heavy (non-hydrogen) atoms. The average Bonchev–Trinajstić information content (AvgIpc) is 2.03. The summed E-state index contributed by atoms with van der Waals surface area (Å²) in [5, 5.41) is 9.26. The van der Waals surface area contributed by atoms with Gasteiger partial charge in [-0.1, -0.05) is 0 Å². The fourth-order valence-electron chi connectivity index (χ4n) is 1.64. The summed E-state index contributed by atoms with van der Waals surface area (Å²) < 4.78 is 5.53. The molecule has 1 aliphatic rings. The summed E-state index contributed by atoms with van der Waals surface area (Å²) in [4.78, 5) is 0. The molecule has 0 unspecified atom stereocenters. The van der Waals surface area contributed by atoms with Gasteiger partial charge in [0.15, 0.2) is 0 Å². The number of aliphatic hydroxyl groups is 1. The van der Waals surface area contributed by atoms with Crippen LogP contribution in [-0.2, 0) is 4.74 Å². The Morgan fingerprint density at radius 2 is 1.83 bits per heavy atom. The molecule has 0 aromatic rings. The van der Waals surface area contributed by atoms with Crippen LogP contribution in [0.15, 0.2) is 0 Å². The van der Waals surface area contributed by atoms with Crippen molar-refractivity contribution in [3.63, 3.8) is 0 Å². The lowest BCUT2D eigenvalue weighted by Gasteiger charge is -2.25. The third-order valence-corrected chi connectivity index (χ3v) is 2.48. The monoisotopic (exact) mass is 172 g/mol. The highest BCUT2D eigenvalue weighted by Crippen LogP contribution is 2.24. The topological polar surface area (TPSA) is 29.5 Å². The molecular weight excluding hydrogens is 152 g/mol. The molecule has 0 spiro atoms. The molecule has 0 aromatic carbocycles. The minimum atomic E-state index is -0.0414. The van der Waals surface area contributed by atoms with Gasteiger partial charge < -0.3 is 9.84 Å². The Kier molecular flexibility index (Phi) is 4.02. The lowest BCUT2D eigenvalue weighted by molar-refractivity contribution is 0.0230. The second-order valence-corrected chi connectivity index (χ2v) is 4.06. The van der Waals surface area contributed by atoms with Crippen LogP contribution in [0, 0.1) is 5.92 Å². The van der Waals surface area contributed by atoms with Crippen LogP contribution in [0.25, 0.3) is 0 Å². The maximum atomic E-state index is 9.26. The quantitative estimate of drug-likeness (QED) is 0.705. The highest BCUT2D eigenvalue weighted by atomic mass is 16.5. The highest BCUT2D eigenvalue weighted by Gasteiger charge is 2.19. The van der Waals surface area contributed by atoms with E-state index in [1.165, 1.54) is 0 Å². The molecule has 0 bridgehead atoms. The molecule has 0 radical (unpaired) electrons. The van der Waals surface area contributed by atoms with Gasteiger partial charge in [-0.15, -0.1) is 0 Å². The van der Waals surface area contributed by atoms with Gasteiger partial charge in [0.1, 0.15) is 0 Å². The van der Waals surface area contributed by atoms with Crippen LogP contribution in [0.5, 0.6) is 0 Å². The lowest BCUT2D eigenvalue weighted by atomic mass is 9.88. The number of hydrogen-bond donors (Lipinski definition) is 1. The van der Waals surface area contributed by atoms with E-state index in [9.17, 15) is 5.11 Å². The van der Waals surface area contributed by atoms with Crippen molar-refractivity contribution in [1.29, 1.82) is 0 Å². The number of aliphatic hydroxyl groups excluding tert-OH is 1. The van der Waals surface area contributed by atoms with Crippen molar-refractivity contribution < 1.29 is 9.84 Å². The zero-order chi connectivity index (χ0) is 8.97. The van der Waals surface area contributed by atoms with E-state index in [-0.39, 0.29) is 6.10 Å². The summed E-state index contributed by atoms with van der Waals surface area (Å²) in [6, 6.07) is 0. The fraction of sp³-hybridized carbons (Fsp3) is 1.00. The maximum Gasteiger partial charge on any atom is 0.0540 e. The van der Waals surface area contributed by atoms with Crippen molar-refractivity contribution in [3.05, 3.63) is 0 Å². The third kappa shape index (κ3) is 3.55. The minimum Gasteiger partial charge on any atom is -0.393 e. The molecule has 1 fully saturated rings. The average molecular weight is 172 g/mol. The molecule has 2 nitrogen and oxygen atoms in total. The van der Waals surface area contributed by atoms with Gasteiger partial charge in [-0.3, -0.25) is 0 Å². The van der Waals surface area contributed by atoms with E-state index in [0.29, 0.717) is 12.0 Å². The van der Waals surface area contributed by atoms with Crippen molar-refractivity contribution in [2.24, 2.45) is 5.92 Å². The first kappa shape index (κ1) is 10.0. The molecule has 2 heteroatoms. The molecule has 72 valence electrons. The SMILES string of the molecule is CC(C)OCC1CCC(O)CC1. The second-order valence-electron chi connectivity index (χ2n) is 4.06. The predicted molar refractivity (Wildman–Crippen MR) is 49.1 cm³/mol. The Hall–Kier alpha value is -0.0800. The molecule has 1 saturated carbocycles. The smallest absolute Gasteiger partial charge is 0.0540 e. The van der Waals surface area contributed by atoms with Gasteiger partial charge in [0, 0.05) is 6.61 Å². The summed E-state index contributed by atoms with van der Waals surface area (Å²) in [6.07, 6.45) is 4.50. The van der Waals surface area contributed by atoms with Crippen molar-refractivity contribution >= 4 is 0 Å². The first-order chi connectivity index (χ1) is 5.68. The van der Waals surface area contributed by atoms with Gasteiger partial charge in [-0.05, 0) is 45.4 Å². The molecule has 0 aromatic heterocycles. The van der Waals surface area contributed by atoms with Gasteiger partial charge in [-0.25, -0.2) is 0 Å². The van der Waals surface area contributed by atoms with E-state index in [0.717, 1.165) is 32.3 Å². The molecule has 0 saturated heterocycles. The van der Waals surface area contributed by atoms with Crippen LogP contribution in [0.1, 0.15) is 39.5 Å². The summed E-state index contributed by atoms with van der Waals surface area (Å²) in [5.41, 5.74) is 0. The van der Waals surface area contributed by atoms with E-state index < -0.39 is 0 Å². The Balaban J connectivity index is 2.09.